The summed E-state index contributed by atoms with van der Waals surface area (Å²) in [5, 5.41) is 7.80. The second-order valence-corrected chi connectivity index (χ2v) is 6.11. The van der Waals surface area contributed by atoms with Crippen molar-refractivity contribution in [1.29, 1.82) is 0 Å². The Bertz CT molecular complexity index is 459. The Morgan fingerprint density at radius 2 is 2.31 bits per heavy atom. The van der Waals surface area contributed by atoms with Gasteiger partial charge in [-0.15, -0.1) is 10.2 Å². The Labute approximate surface area is 111 Å². The van der Waals surface area contributed by atoms with Crippen LogP contribution in [0.2, 0.25) is 0 Å². The van der Waals surface area contributed by atoms with E-state index >= 15 is 0 Å². The summed E-state index contributed by atoms with van der Waals surface area (Å²) in [6, 6.07) is 6.28. The van der Waals surface area contributed by atoms with Gasteiger partial charge in [0, 0.05) is 9.37 Å². The molecular formula is C10H10BrN3S2. The van der Waals surface area contributed by atoms with E-state index in [1.807, 2.05) is 0 Å². The SMILES string of the molecule is NCCc1ccc(Sc2nncs2)cc1Br. The molecule has 0 aliphatic carbocycles. The highest BCUT2D eigenvalue weighted by Crippen LogP contribution is 2.31. The predicted octanol–water partition coefficient (Wildman–Crippen LogP) is 2.95. The number of hydrogen-bond acceptors (Lipinski definition) is 5. The lowest BCUT2D eigenvalue weighted by atomic mass is 10.1. The summed E-state index contributed by atoms with van der Waals surface area (Å²) in [6.45, 7) is 0.668. The Hall–Kier alpha value is -0.430. The number of hydrogen-bond donors (Lipinski definition) is 1. The van der Waals surface area contributed by atoms with Gasteiger partial charge in [0.1, 0.15) is 5.51 Å². The minimum absolute atomic E-state index is 0.668. The Kier molecular flexibility index (Phi) is 4.34. The first-order chi connectivity index (χ1) is 7.79. The summed E-state index contributed by atoms with van der Waals surface area (Å²) < 4.78 is 2.06. The quantitative estimate of drug-likeness (QED) is 0.942. The van der Waals surface area contributed by atoms with Gasteiger partial charge in [0.15, 0.2) is 4.34 Å². The minimum atomic E-state index is 0.668. The maximum absolute atomic E-state index is 5.53. The second kappa shape index (κ2) is 5.77. The molecule has 3 nitrogen and oxygen atoms in total. The second-order valence-electron chi connectivity index (χ2n) is 3.10. The molecule has 0 atom stereocenters. The van der Waals surface area contributed by atoms with E-state index in [1.165, 1.54) is 5.56 Å². The number of aromatic nitrogens is 2. The van der Waals surface area contributed by atoms with Gasteiger partial charge in [0.05, 0.1) is 0 Å². The van der Waals surface area contributed by atoms with E-state index in [4.69, 9.17) is 5.73 Å². The van der Waals surface area contributed by atoms with Gasteiger partial charge in [-0.1, -0.05) is 45.1 Å². The summed E-state index contributed by atoms with van der Waals surface area (Å²) in [6.07, 6.45) is 0.893. The third kappa shape index (κ3) is 3.04. The van der Waals surface area contributed by atoms with Crippen LogP contribution in [0.5, 0.6) is 0 Å². The summed E-state index contributed by atoms with van der Waals surface area (Å²) in [5.74, 6) is 0. The zero-order valence-corrected chi connectivity index (χ0v) is 11.6. The van der Waals surface area contributed by atoms with Crippen molar-refractivity contribution in [3.8, 4) is 0 Å². The molecule has 0 bridgehead atoms. The van der Waals surface area contributed by atoms with Crippen molar-refractivity contribution in [2.75, 3.05) is 6.54 Å². The molecule has 0 fully saturated rings. The monoisotopic (exact) mass is 315 g/mol. The summed E-state index contributed by atoms with van der Waals surface area (Å²) in [4.78, 5) is 1.16. The molecule has 0 unspecified atom stereocenters. The number of halogens is 1. The summed E-state index contributed by atoms with van der Waals surface area (Å²) >= 11 is 6.71. The normalized spacial score (nSPS) is 10.6. The minimum Gasteiger partial charge on any atom is -0.330 e. The number of nitrogens with zero attached hydrogens (tertiary/aromatic N) is 2. The fourth-order valence-electron chi connectivity index (χ4n) is 1.26. The van der Waals surface area contributed by atoms with Crippen LogP contribution >= 0.6 is 39.0 Å². The summed E-state index contributed by atoms with van der Waals surface area (Å²) in [5.41, 5.74) is 8.51. The zero-order chi connectivity index (χ0) is 11.4. The molecule has 0 aliphatic heterocycles. The van der Waals surface area contributed by atoms with Crippen LogP contribution in [0.15, 0.2) is 37.4 Å². The molecule has 6 heteroatoms. The van der Waals surface area contributed by atoms with E-state index in [2.05, 4.69) is 44.3 Å². The molecule has 0 amide bonds. The van der Waals surface area contributed by atoms with E-state index in [9.17, 15) is 0 Å². The van der Waals surface area contributed by atoms with Crippen LogP contribution in [0.25, 0.3) is 0 Å². The third-order valence-electron chi connectivity index (χ3n) is 1.98. The van der Waals surface area contributed by atoms with Gasteiger partial charge in [-0.3, -0.25) is 0 Å². The van der Waals surface area contributed by atoms with E-state index < -0.39 is 0 Å². The first-order valence-electron chi connectivity index (χ1n) is 4.72. The molecule has 2 N–H and O–H groups in total. The molecule has 2 rings (SSSR count). The van der Waals surface area contributed by atoms with Crippen molar-refractivity contribution < 1.29 is 0 Å². The molecule has 1 heterocycles. The van der Waals surface area contributed by atoms with Crippen LogP contribution in [-0.4, -0.2) is 16.7 Å². The lowest BCUT2D eigenvalue weighted by Crippen LogP contribution is -2.03. The van der Waals surface area contributed by atoms with Crippen molar-refractivity contribution in [1.82, 2.24) is 10.2 Å². The molecule has 0 radical (unpaired) electrons. The number of benzene rings is 1. The van der Waals surface area contributed by atoms with Gasteiger partial charge in [-0.05, 0) is 30.7 Å². The van der Waals surface area contributed by atoms with Crippen molar-refractivity contribution in [3.63, 3.8) is 0 Å². The zero-order valence-electron chi connectivity index (χ0n) is 8.39. The van der Waals surface area contributed by atoms with Gasteiger partial charge in [0.25, 0.3) is 0 Å². The lowest BCUT2D eigenvalue weighted by molar-refractivity contribution is 0.960. The molecule has 1 aromatic heterocycles. The van der Waals surface area contributed by atoms with Crippen LogP contribution in [0, 0.1) is 0 Å². The van der Waals surface area contributed by atoms with Gasteiger partial charge in [-0.2, -0.15) is 0 Å². The molecule has 0 saturated carbocycles. The molecule has 84 valence electrons. The first-order valence-corrected chi connectivity index (χ1v) is 7.21. The van der Waals surface area contributed by atoms with Crippen molar-refractivity contribution in [2.45, 2.75) is 15.7 Å². The number of nitrogens with two attached hydrogens (primary N) is 1. The van der Waals surface area contributed by atoms with Crippen LogP contribution in [0.4, 0.5) is 0 Å². The standard InChI is InChI=1S/C10H10BrN3S2/c11-9-5-8(2-1-7(9)3-4-12)16-10-14-13-6-15-10/h1-2,5-6H,3-4,12H2. The smallest absolute Gasteiger partial charge is 0.178 e. The fraction of sp³-hybridized carbons (Fsp3) is 0.200. The van der Waals surface area contributed by atoms with E-state index in [0.717, 1.165) is 20.1 Å². The largest absolute Gasteiger partial charge is 0.330 e. The van der Waals surface area contributed by atoms with E-state index in [1.54, 1.807) is 28.6 Å². The summed E-state index contributed by atoms with van der Waals surface area (Å²) in [7, 11) is 0. The van der Waals surface area contributed by atoms with Crippen molar-refractivity contribution in [3.05, 3.63) is 33.7 Å². The predicted molar refractivity (Wildman–Crippen MR) is 70.9 cm³/mol. The molecular weight excluding hydrogens is 306 g/mol. The highest BCUT2D eigenvalue weighted by atomic mass is 79.9. The van der Waals surface area contributed by atoms with Gasteiger partial charge in [0.2, 0.25) is 0 Å². The van der Waals surface area contributed by atoms with Gasteiger partial charge in [-0.25, -0.2) is 0 Å². The van der Waals surface area contributed by atoms with Crippen LogP contribution in [-0.2, 0) is 6.42 Å². The molecule has 16 heavy (non-hydrogen) atoms. The van der Waals surface area contributed by atoms with Crippen molar-refractivity contribution >= 4 is 39.0 Å². The van der Waals surface area contributed by atoms with Gasteiger partial charge >= 0.3 is 0 Å². The van der Waals surface area contributed by atoms with E-state index in [-0.39, 0.29) is 0 Å². The van der Waals surface area contributed by atoms with Crippen LogP contribution in [0.1, 0.15) is 5.56 Å². The third-order valence-corrected chi connectivity index (χ3v) is 4.49. The number of rotatable bonds is 4. The van der Waals surface area contributed by atoms with Gasteiger partial charge < -0.3 is 5.73 Å². The molecule has 0 aliphatic rings. The maximum atomic E-state index is 5.53. The Morgan fingerprint density at radius 1 is 1.44 bits per heavy atom. The topological polar surface area (TPSA) is 51.8 Å². The van der Waals surface area contributed by atoms with Crippen molar-refractivity contribution in [2.24, 2.45) is 5.73 Å². The Morgan fingerprint density at radius 3 is 2.94 bits per heavy atom. The van der Waals surface area contributed by atoms with E-state index in [0.29, 0.717) is 6.54 Å². The highest BCUT2D eigenvalue weighted by Gasteiger charge is 2.04. The van der Waals surface area contributed by atoms with Crippen LogP contribution in [0.3, 0.4) is 0 Å². The fourth-order valence-corrected chi connectivity index (χ4v) is 3.48. The lowest BCUT2D eigenvalue weighted by Gasteiger charge is -2.04. The van der Waals surface area contributed by atoms with Crippen LogP contribution < -0.4 is 5.73 Å². The maximum Gasteiger partial charge on any atom is 0.178 e. The average Bonchev–Trinajstić information content (AvgIpc) is 2.75. The molecule has 1 aromatic carbocycles. The molecule has 2 aromatic rings. The first kappa shape index (κ1) is 12.0. The molecule has 0 saturated heterocycles. The highest BCUT2D eigenvalue weighted by molar-refractivity contribution is 9.10. The molecule has 0 spiro atoms. The Balaban J connectivity index is 2.15. The average molecular weight is 316 g/mol.